The molecule has 0 heterocycles. The molecule has 8 nitrogen and oxygen atoms in total. The van der Waals surface area contributed by atoms with Gasteiger partial charge < -0.3 is 9.26 Å². The van der Waals surface area contributed by atoms with E-state index < -0.39 is 41.6 Å². The van der Waals surface area contributed by atoms with Gasteiger partial charge in [-0.3, -0.25) is 4.52 Å². The first-order valence-electron chi connectivity index (χ1n) is 7.04. The van der Waals surface area contributed by atoms with Crippen molar-refractivity contribution in [2.24, 2.45) is 0 Å². The van der Waals surface area contributed by atoms with Gasteiger partial charge in [-0.15, -0.1) is 0 Å². The van der Waals surface area contributed by atoms with Crippen LogP contribution in [0, 0.1) is 0 Å². The molecule has 1 aromatic rings. The Balaban J connectivity index is 3.01. The van der Waals surface area contributed by atoms with Gasteiger partial charge in [-0.05, 0) is 26.0 Å². The van der Waals surface area contributed by atoms with E-state index in [4.69, 9.17) is 9.05 Å². The van der Waals surface area contributed by atoms with Gasteiger partial charge in [0.05, 0.1) is 6.61 Å². The molecule has 0 aliphatic heterocycles. The van der Waals surface area contributed by atoms with Crippen LogP contribution in [-0.2, 0) is 32.9 Å². The normalized spacial score (nSPS) is 15.7. The monoisotopic (exact) mass is 420 g/mol. The Morgan fingerprint density at radius 1 is 1.23 bits per heavy atom. The van der Waals surface area contributed by atoms with Crippen molar-refractivity contribution in [3.05, 3.63) is 30.3 Å². The van der Waals surface area contributed by atoms with Crippen molar-refractivity contribution < 1.29 is 48.9 Å². The van der Waals surface area contributed by atoms with Crippen LogP contribution >= 0.6 is 7.60 Å². The molecule has 26 heavy (non-hydrogen) atoms. The molecule has 0 N–H and O–H groups in total. The minimum absolute atomic E-state index is 0.0324. The quantitative estimate of drug-likeness (QED) is 0.260. The Kier molecular flexibility index (Phi) is 7.63. The number of rotatable bonds is 9. The largest absolute Gasteiger partial charge is 0.523 e. The molecule has 0 fully saturated rings. The molecular formula is C13H16F3O8PS. The lowest BCUT2D eigenvalue weighted by molar-refractivity contribution is -0.150. The Hall–Kier alpha value is -1.62. The predicted molar refractivity (Wildman–Crippen MR) is 82.8 cm³/mol. The number of ether oxygens (including phenoxy) is 1. The van der Waals surface area contributed by atoms with Crippen LogP contribution in [0.2, 0.25) is 0 Å². The van der Waals surface area contributed by atoms with Crippen molar-refractivity contribution in [1.29, 1.82) is 0 Å². The molecule has 0 radical (unpaired) electrons. The summed E-state index contributed by atoms with van der Waals surface area (Å²) in [5.74, 6) is -1.07. The molecule has 0 saturated heterocycles. The van der Waals surface area contributed by atoms with E-state index in [1.54, 1.807) is 6.07 Å². The van der Waals surface area contributed by atoms with Crippen molar-refractivity contribution in [2.45, 2.75) is 25.5 Å². The molecule has 1 aromatic carbocycles. The number of hydrogen-bond acceptors (Lipinski definition) is 8. The molecule has 0 saturated carbocycles. The second-order valence-corrected chi connectivity index (χ2v) is 8.14. The van der Waals surface area contributed by atoms with Crippen LogP contribution < -0.4 is 4.52 Å². The maximum Gasteiger partial charge on any atom is 0.523 e. The highest BCUT2D eigenvalue weighted by atomic mass is 32.2. The molecular weight excluding hydrogens is 404 g/mol. The molecule has 0 spiro atoms. The van der Waals surface area contributed by atoms with Gasteiger partial charge in [0.1, 0.15) is 5.75 Å². The highest BCUT2D eigenvalue weighted by Crippen LogP contribution is 2.50. The van der Waals surface area contributed by atoms with Gasteiger partial charge in [0.2, 0.25) is 0 Å². The van der Waals surface area contributed by atoms with Gasteiger partial charge >= 0.3 is 29.2 Å². The highest BCUT2D eigenvalue weighted by Gasteiger charge is 2.49. The van der Waals surface area contributed by atoms with Crippen LogP contribution in [0.3, 0.4) is 0 Å². The number of carbonyl (C=O) groups is 1. The number of esters is 1. The van der Waals surface area contributed by atoms with Crippen molar-refractivity contribution in [3.8, 4) is 5.75 Å². The first kappa shape index (κ1) is 22.4. The van der Waals surface area contributed by atoms with E-state index in [9.17, 15) is 30.9 Å². The molecule has 0 aliphatic carbocycles. The molecule has 2 unspecified atom stereocenters. The number of halogens is 3. The topological polar surface area (TPSA) is 105 Å². The van der Waals surface area contributed by atoms with Gasteiger partial charge in [0.15, 0.2) is 12.5 Å². The summed E-state index contributed by atoms with van der Waals surface area (Å²) in [4.78, 5) is 11.6. The minimum atomic E-state index is -6.04. The van der Waals surface area contributed by atoms with E-state index in [0.717, 1.165) is 6.92 Å². The van der Waals surface area contributed by atoms with E-state index in [-0.39, 0.29) is 12.4 Å². The molecule has 2 atom stereocenters. The summed E-state index contributed by atoms with van der Waals surface area (Å²) >= 11 is 0. The Morgan fingerprint density at radius 2 is 1.81 bits per heavy atom. The zero-order valence-corrected chi connectivity index (χ0v) is 15.3. The van der Waals surface area contributed by atoms with Crippen molar-refractivity contribution >= 4 is 23.7 Å². The Morgan fingerprint density at radius 3 is 2.31 bits per heavy atom. The van der Waals surface area contributed by atoms with Gasteiger partial charge in [-0.1, -0.05) is 18.2 Å². The summed E-state index contributed by atoms with van der Waals surface area (Å²) in [6, 6.07) is 7.08. The number of benzene rings is 1. The number of alkyl halides is 3. The third-order valence-corrected chi connectivity index (χ3v) is 5.32. The average molecular weight is 420 g/mol. The number of carbonyl (C=O) groups excluding carboxylic acids is 1. The van der Waals surface area contributed by atoms with Crippen LogP contribution in [0.4, 0.5) is 13.2 Å². The van der Waals surface area contributed by atoms with E-state index in [2.05, 4.69) is 8.92 Å². The lowest BCUT2D eigenvalue weighted by Gasteiger charge is -2.22. The van der Waals surface area contributed by atoms with Crippen LogP contribution in [-0.4, -0.2) is 39.0 Å². The van der Waals surface area contributed by atoms with Crippen molar-refractivity contribution in [2.75, 3.05) is 13.0 Å². The summed E-state index contributed by atoms with van der Waals surface area (Å²) in [5.41, 5.74) is -5.72. The fourth-order valence-electron chi connectivity index (χ4n) is 1.46. The van der Waals surface area contributed by atoms with Crippen LogP contribution in [0.5, 0.6) is 5.75 Å². The third kappa shape index (κ3) is 6.60. The molecule has 0 bridgehead atoms. The zero-order chi connectivity index (χ0) is 20.0. The summed E-state index contributed by atoms with van der Waals surface area (Å²) in [6.07, 6.45) is -3.10. The smallest absolute Gasteiger partial charge is 0.464 e. The lowest BCUT2D eigenvalue weighted by atomic mass is 10.3. The van der Waals surface area contributed by atoms with E-state index in [1.165, 1.54) is 31.2 Å². The van der Waals surface area contributed by atoms with Gasteiger partial charge in [0, 0.05) is 0 Å². The molecule has 13 heteroatoms. The predicted octanol–water partition coefficient (Wildman–Crippen LogP) is 3.05. The zero-order valence-electron chi connectivity index (χ0n) is 13.6. The number of hydrogen-bond donors (Lipinski definition) is 0. The van der Waals surface area contributed by atoms with Crippen LogP contribution in [0.1, 0.15) is 13.8 Å². The second kappa shape index (κ2) is 8.85. The summed E-state index contributed by atoms with van der Waals surface area (Å²) in [5, 5.41) is 0. The first-order valence-corrected chi connectivity index (χ1v) is 10.2. The number of para-hydroxylation sites is 1. The maximum absolute atomic E-state index is 12.7. The maximum atomic E-state index is 12.7. The lowest BCUT2D eigenvalue weighted by Crippen LogP contribution is -2.28. The molecule has 0 aromatic heterocycles. The van der Waals surface area contributed by atoms with Crippen LogP contribution in [0.25, 0.3) is 0 Å². The van der Waals surface area contributed by atoms with Gasteiger partial charge in [-0.25, -0.2) is 13.5 Å². The summed E-state index contributed by atoms with van der Waals surface area (Å²) in [7, 11) is -10.7. The average Bonchev–Trinajstić information content (AvgIpc) is 2.53. The molecule has 148 valence electrons. The molecule has 0 amide bonds. The summed E-state index contributed by atoms with van der Waals surface area (Å²) < 4.78 is 90.0. The molecule has 0 aliphatic rings. The first-order chi connectivity index (χ1) is 11.9. The molecule has 1 rings (SSSR count). The van der Waals surface area contributed by atoms with Crippen LogP contribution in [0.15, 0.2) is 30.3 Å². The SMILES string of the molecule is CCOC(=O)C(C)OP(=O)(COS(=O)(=O)C(F)(F)F)Oc1ccccc1. The Labute approximate surface area is 147 Å². The summed E-state index contributed by atoms with van der Waals surface area (Å²) in [6.45, 7) is 2.57. The third-order valence-electron chi connectivity index (χ3n) is 2.57. The fraction of sp³-hybridized carbons (Fsp3) is 0.462. The second-order valence-electron chi connectivity index (χ2n) is 4.66. The van der Waals surface area contributed by atoms with Gasteiger partial charge in [-0.2, -0.15) is 21.6 Å². The van der Waals surface area contributed by atoms with E-state index in [0.29, 0.717) is 0 Å². The van der Waals surface area contributed by atoms with Crippen molar-refractivity contribution in [1.82, 2.24) is 0 Å². The van der Waals surface area contributed by atoms with Gasteiger partial charge in [0.25, 0.3) is 0 Å². The van der Waals surface area contributed by atoms with E-state index >= 15 is 0 Å². The fourth-order valence-corrected chi connectivity index (χ4v) is 3.84. The minimum Gasteiger partial charge on any atom is -0.464 e. The Bertz CT molecular complexity index is 750. The van der Waals surface area contributed by atoms with Crippen molar-refractivity contribution in [3.63, 3.8) is 0 Å². The van der Waals surface area contributed by atoms with E-state index in [1.807, 2.05) is 0 Å². The standard InChI is InChI=1S/C13H16F3O8PS/c1-3-21-12(17)10(2)23-25(18,24-11-7-5-4-6-8-11)9-22-26(19,20)13(14,15)16/h4-8,10H,3,9H2,1-2H3. The highest BCUT2D eigenvalue weighted by molar-refractivity contribution is 7.87.